The van der Waals surface area contributed by atoms with E-state index >= 15 is 0 Å². The van der Waals surface area contributed by atoms with Crippen molar-refractivity contribution in [2.75, 3.05) is 0 Å². The van der Waals surface area contributed by atoms with Crippen molar-refractivity contribution >= 4 is 29.3 Å². The maximum atomic E-state index is 9.28. The van der Waals surface area contributed by atoms with Crippen LogP contribution in [0.5, 0.6) is 0 Å². The first-order chi connectivity index (χ1) is 3.13. The van der Waals surface area contributed by atoms with Crippen molar-refractivity contribution in [2.24, 2.45) is 0 Å². The summed E-state index contributed by atoms with van der Waals surface area (Å²) in [6.07, 6.45) is -1.03. The minimum absolute atomic E-state index is 0. The maximum Gasteiger partial charge on any atom is 2.00 e. The first kappa shape index (κ1) is 10.5. The Hall–Kier alpha value is -0.528. The molecule has 0 aromatic carbocycles. The maximum absolute atomic E-state index is 9.28. The van der Waals surface area contributed by atoms with E-state index in [1.165, 1.54) is 0 Å². The Morgan fingerprint density at radius 1 is 1.12 bits per heavy atom. The molecule has 0 aromatic rings. The van der Waals surface area contributed by atoms with Gasteiger partial charge in [0.25, 0.3) is 0 Å². The number of carbonyl (C=O) groups is 2. The molecule has 0 bridgehead atoms. The molecular formula is C3H2AlO4. The Morgan fingerprint density at radius 2 is 1.38 bits per heavy atom. The van der Waals surface area contributed by atoms with Gasteiger partial charge in [-0.1, -0.05) is 0 Å². The summed E-state index contributed by atoms with van der Waals surface area (Å²) in [4.78, 5) is 18.6. The van der Waals surface area contributed by atoms with E-state index in [9.17, 15) is 19.8 Å². The molecule has 0 aliphatic heterocycles. The predicted octanol–water partition coefficient (Wildman–Crippen LogP) is -3.50. The SMILES string of the molecule is O=C([O-])CC(=O)[O-].[Al+2]. The van der Waals surface area contributed by atoms with E-state index in [-0.39, 0.29) is 17.4 Å². The van der Waals surface area contributed by atoms with Crippen molar-refractivity contribution in [2.45, 2.75) is 6.42 Å². The fraction of sp³-hybridized carbons (Fsp3) is 0.333. The van der Waals surface area contributed by atoms with Crippen LogP contribution in [0, 0.1) is 0 Å². The van der Waals surface area contributed by atoms with Gasteiger partial charge in [0.1, 0.15) is 0 Å². The normalized spacial score (nSPS) is 7.00. The molecule has 8 heavy (non-hydrogen) atoms. The monoisotopic (exact) mass is 129 g/mol. The van der Waals surface area contributed by atoms with Gasteiger partial charge in [-0.2, -0.15) is 0 Å². The molecular weight excluding hydrogens is 127 g/mol. The number of rotatable bonds is 2. The number of carboxylic acids is 2. The standard InChI is InChI=1S/C3H4O4.Al/c4-2(5)1-3(6)7;/h1H2,(H,4,5)(H,6,7);/q;+2/p-2. The molecule has 0 unspecified atom stereocenters. The molecule has 0 aliphatic rings. The predicted molar refractivity (Wildman–Crippen MR) is 20.4 cm³/mol. The minimum atomic E-state index is -1.63. The molecule has 0 rings (SSSR count). The van der Waals surface area contributed by atoms with Crippen molar-refractivity contribution < 1.29 is 19.8 Å². The van der Waals surface area contributed by atoms with Crippen LogP contribution in [-0.2, 0) is 9.59 Å². The third-order valence-electron chi connectivity index (χ3n) is 0.289. The van der Waals surface area contributed by atoms with Gasteiger partial charge in [-0.15, -0.1) is 0 Å². The van der Waals surface area contributed by atoms with Crippen LogP contribution in [0.1, 0.15) is 6.42 Å². The smallest absolute Gasteiger partial charge is 0.550 e. The molecule has 0 spiro atoms. The molecule has 0 aromatic heterocycles. The summed E-state index contributed by atoms with van der Waals surface area (Å²) < 4.78 is 0. The van der Waals surface area contributed by atoms with Crippen LogP contribution in [0.15, 0.2) is 0 Å². The molecule has 1 radical (unpaired) electrons. The van der Waals surface area contributed by atoms with Crippen molar-refractivity contribution in [3.63, 3.8) is 0 Å². The molecule has 0 heterocycles. The molecule has 5 heteroatoms. The molecule has 0 saturated carbocycles. The first-order valence-electron chi connectivity index (χ1n) is 1.52. The summed E-state index contributed by atoms with van der Waals surface area (Å²) in [5, 5.41) is 18.6. The average molecular weight is 129 g/mol. The Balaban J connectivity index is 0. The van der Waals surface area contributed by atoms with Gasteiger partial charge in [-0.3, -0.25) is 0 Å². The fourth-order valence-electron chi connectivity index (χ4n) is 0.118. The Labute approximate surface area is 56.3 Å². The van der Waals surface area contributed by atoms with Gasteiger partial charge in [0.2, 0.25) is 0 Å². The molecule has 0 aliphatic carbocycles. The summed E-state index contributed by atoms with van der Waals surface area (Å²) in [7, 11) is 0. The van der Waals surface area contributed by atoms with Crippen LogP contribution >= 0.6 is 0 Å². The van der Waals surface area contributed by atoms with Gasteiger partial charge in [0, 0.05) is 18.4 Å². The van der Waals surface area contributed by atoms with Crippen LogP contribution in [0.25, 0.3) is 0 Å². The van der Waals surface area contributed by atoms with Crippen molar-refractivity contribution in [3.8, 4) is 0 Å². The Morgan fingerprint density at radius 3 is 1.38 bits per heavy atom. The third-order valence-corrected chi connectivity index (χ3v) is 0.289. The number of aliphatic carboxylic acids is 2. The van der Waals surface area contributed by atoms with Gasteiger partial charge < -0.3 is 19.8 Å². The zero-order valence-electron chi connectivity index (χ0n) is 3.92. The van der Waals surface area contributed by atoms with E-state index in [0.29, 0.717) is 0 Å². The van der Waals surface area contributed by atoms with Gasteiger partial charge in [-0.05, 0) is 0 Å². The Kier molecular flexibility index (Phi) is 6.05. The second-order valence-electron chi connectivity index (χ2n) is 0.921. The largest absolute Gasteiger partial charge is 2.00 e. The van der Waals surface area contributed by atoms with Gasteiger partial charge >= 0.3 is 17.4 Å². The van der Waals surface area contributed by atoms with Gasteiger partial charge in [0.15, 0.2) is 0 Å². The number of hydrogen-bond acceptors (Lipinski definition) is 4. The minimum Gasteiger partial charge on any atom is -0.550 e. The van der Waals surface area contributed by atoms with E-state index in [1.807, 2.05) is 0 Å². The summed E-state index contributed by atoms with van der Waals surface area (Å²) in [5.74, 6) is -3.25. The topological polar surface area (TPSA) is 80.3 Å². The fourth-order valence-corrected chi connectivity index (χ4v) is 0.118. The summed E-state index contributed by atoms with van der Waals surface area (Å²) in [6.45, 7) is 0. The molecule has 0 fully saturated rings. The van der Waals surface area contributed by atoms with Crippen molar-refractivity contribution in [3.05, 3.63) is 0 Å². The van der Waals surface area contributed by atoms with E-state index < -0.39 is 18.4 Å². The quantitative estimate of drug-likeness (QED) is 0.286. The molecule has 0 amide bonds. The van der Waals surface area contributed by atoms with E-state index in [2.05, 4.69) is 0 Å². The van der Waals surface area contributed by atoms with E-state index in [1.54, 1.807) is 0 Å². The zero-order chi connectivity index (χ0) is 5.86. The molecule has 41 valence electrons. The average Bonchev–Trinajstić information content (AvgIpc) is 1.27. The molecule has 0 N–H and O–H groups in total. The number of hydrogen-bond donors (Lipinski definition) is 0. The third kappa shape index (κ3) is 9.08. The van der Waals surface area contributed by atoms with Gasteiger partial charge in [0.05, 0.1) is 0 Å². The van der Waals surface area contributed by atoms with E-state index in [4.69, 9.17) is 0 Å². The van der Waals surface area contributed by atoms with Crippen LogP contribution in [-0.4, -0.2) is 29.3 Å². The molecule has 4 nitrogen and oxygen atoms in total. The number of carbonyl (C=O) groups excluding carboxylic acids is 2. The summed E-state index contributed by atoms with van der Waals surface area (Å²) in [5.41, 5.74) is 0. The van der Waals surface area contributed by atoms with Crippen LogP contribution in [0.4, 0.5) is 0 Å². The first-order valence-corrected chi connectivity index (χ1v) is 1.52. The second kappa shape index (κ2) is 4.63. The Bertz CT molecular complexity index is 87.5. The molecule has 0 saturated heterocycles. The van der Waals surface area contributed by atoms with Crippen molar-refractivity contribution in [1.29, 1.82) is 0 Å². The summed E-state index contributed by atoms with van der Waals surface area (Å²) in [6, 6.07) is 0. The summed E-state index contributed by atoms with van der Waals surface area (Å²) >= 11 is 0. The van der Waals surface area contributed by atoms with Crippen LogP contribution in [0.2, 0.25) is 0 Å². The van der Waals surface area contributed by atoms with E-state index in [0.717, 1.165) is 0 Å². The second-order valence-corrected chi connectivity index (χ2v) is 0.921. The van der Waals surface area contributed by atoms with Crippen molar-refractivity contribution in [1.82, 2.24) is 0 Å². The van der Waals surface area contributed by atoms with Gasteiger partial charge in [-0.25, -0.2) is 0 Å². The van der Waals surface area contributed by atoms with Crippen LogP contribution in [0.3, 0.4) is 0 Å². The van der Waals surface area contributed by atoms with Crippen LogP contribution < -0.4 is 10.2 Å². The number of carboxylic acid groups (broad SMARTS) is 2. The zero-order valence-corrected chi connectivity index (χ0v) is 5.07. The molecule has 0 atom stereocenters.